The van der Waals surface area contributed by atoms with E-state index < -0.39 is 6.10 Å². The molecule has 0 aromatic carbocycles. The lowest BCUT2D eigenvalue weighted by molar-refractivity contribution is 0.194. The minimum Gasteiger partial charge on any atom is -0.387 e. The number of likely N-dealkylation sites (N-methyl/N-ethyl adjacent to an activating group) is 1. The van der Waals surface area contributed by atoms with Crippen molar-refractivity contribution < 1.29 is 5.11 Å². The van der Waals surface area contributed by atoms with Crippen LogP contribution < -0.4 is 4.90 Å². The van der Waals surface area contributed by atoms with Gasteiger partial charge in [-0.25, -0.2) is 0 Å². The van der Waals surface area contributed by atoms with Crippen LogP contribution in [-0.2, 0) is 0 Å². The highest BCUT2D eigenvalue weighted by atomic mass is 16.3. The zero-order valence-corrected chi connectivity index (χ0v) is 12.8. The van der Waals surface area contributed by atoms with Gasteiger partial charge in [0, 0.05) is 39.3 Å². The molecule has 1 fully saturated rings. The van der Waals surface area contributed by atoms with Gasteiger partial charge in [0.15, 0.2) is 0 Å². The molecule has 5 nitrogen and oxygen atoms in total. The first kappa shape index (κ1) is 15.2. The molecule has 1 aromatic heterocycles. The number of aromatic nitrogens is 1. The van der Waals surface area contributed by atoms with Gasteiger partial charge >= 0.3 is 0 Å². The molecule has 0 aliphatic carbocycles. The van der Waals surface area contributed by atoms with Crippen molar-refractivity contribution in [2.45, 2.75) is 13.0 Å². The average Bonchev–Trinajstić information content (AvgIpc) is 2.46. The molecule has 1 N–H and O–H groups in total. The number of aliphatic hydroxyl groups excluding tert-OH is 1. The largest absolute Gasteiger partial charge is 0.387 e. The molecule has 1 aliphatic heterocycles. The smallest absolute Gasteiger partial charge is 0.0931 e. The fraction of sp³-hybridized carbons (Fsp3) is 0.667. The standard InChI is InChI=1S/C15H26N4O/c1-13(20)15-5-4-14(12-16-15)19-10-8-18(9-11-19)7-6-17(2)3/h4-5,12-13,20H,6-11H2,1-3H3. The molecule has 2 heterocycles. The summed E-state index contributed by atoms with van der Waals surface area (Å²) in [5, 5.41) is 9.48. The lowest BCUT2D eigenvalue weighted by atomic mass is 10.2. The van der Waals surface area contributed by atoms with E-state index in [2.05, 4.69) is 39.8 Å². The molecule has 1 saturated heterocycles. The highest BCUT2D eigenvalue weighted by Crippen LogP contribution is 2.17. The van der Waals surface area contributed by atoms with E-state index in [1.54, 1.807) is 6.92 Å². The Hall–Kier alpha value is -1.17. The van der Waals surface area contributed by atoms with Gasteiger partial charge in [-0.15, -0.1) is 0 Å². The van der Waals surface area contributed by atoms with Gasteiger partial charge in [-0.1, -0.05) is 0 Å². The number of hydrogen-bond donors (Lipinski definition) is 1. The SMILES string of the molecule is CC(O)c1ccc(N2CCN(CCN(C)C)CC2)cn1. The third kappa shape index (κ3) is 4.16. The molecule has 20 heavy (non-hydrogen) atoms. The van der Waals surface area contributed by atoms with Crippen LogP contribution in [0.4, 0.5) is 5.69 Å². The lowest BCUT2D eigenvalue weighted by Gasteiger charge is -2.36. The van der Waals surface area contributed by atoms with E-state index in [1.165, 1.54) is 0 Å². The van der Waals surface area contributed by atoms with Gasteiger partial charge in [0.25, 0.3) is 0 Å². The van der Waals surface area contributed by atoms with E-state index in [-0.39, 0.29) is 0 Å². The van der Waals surface area contributed by atoms with Crippen LogP contribution >= 0.6 is 0 Å². The topological polar surface area (TPSA) is 42.8 Å². The molecule has 1 atom stereocenters. The van der Waals surface area contributed by atoms with Crippen molar-refractivity contribution >= 4 is 5.69 Å². The van der Waals surface area contributed by atoms with E-state index in [1.807, 2.05) is 12.3 Å². The van der Waals surface area contributed by atoms with Crippen LogP contribution in [0.25, 0.3) is 0 Å². The third-order valence-electron chi connectivity index (χ3n) is 3.80. The van der Waals surface area contributed by atoms with Crippen LogP contribution in [0.5, 0.6) is 0 Å². The Morgan fingerprint density at radius 1 is 1.25 bits per heavy atom. The zero-order chi connectivity index (χ0) is 14.5. The normalized spacial score (nSPS) is 18.6. The number of pyridine rings is 1. The Morgan fingerprint density at radius 3 is 2.45 bits per heavy atom. The second-order valence-corrected chi connectivity index (χ2v) is 5.75. The van der Waals surface area contributed by atoms with Gasteiger partial charge in [0.1, 0.15) is 0 Å². The fourth-order valence-corrected chi connectivity index (χ4v) is 2.40. The minimum atomic E-state index is -0.494. The summed E-state index contributed by atoms with van der Waals surface area (Å²) in [5.74, 6) is 0. The van der Waals surface area contributed by atoms with E-state index in [4.69, 9.17) is 0 Å². The number of rotatable bonds is 5. The summed E-state index contributed by atoms with van der Waals surface area (Å²) in [7, 11) is 4.23. The van der Waals surface area contributed by atoms with E-state index >= 15 is 0 Å². The second kappa shape index (κ2) is 7.02. The van der Waals surface area contributed by atoms with E-state index in [9.17, 15) is 5.11 Å². The van der Waals surface area contributed by atoms with Gasteiger partial charge < -0.3 is 14.9 Å². The van der Waals surface area contributed by atoms with Crippen LogP contribution in [0.2, 0.25) is 0 Å². The summed E-state index contributed by atoms with van der Waals surface area (Å²) < 4.78 is 0. The Bertz CT molecular complexity index is 397. The third-order valence-corrected chi connectivity index (χ3v) is 3.80. The maximum absolute atomic E-state index is 9.48. The van der Waals surface area contributed by atoms with Gasteiger partial charge in [-0.2, -0.15) is 0 Å². The van der Waals surface area contributed by atoms with E-state index in [0.717, 1.165) is 50.6 Å². The van der Waals surface area contributed by atoms with E-state index in [0.29, 0.717) is 0 Å². The number of aliphatic hydroxyl groups is 1. The first-order valence-corrected chi connectivity index (χ1v) is 7.32. The molecule has 1 aliphatic rings. The fourth-order valence-electron chi connectivity index (χ4n) is 2.40. The van der Waals surface area contributed by atoms with Crippen molar-refractivity contribution in [2.24, 2.45) is 0 Å². The predicted octanol–water partition coefficient (Wildman–Crippen LogP) is 0.818. The van der Waals surface area contributed by atoms with Crippen LogP contribution in [0, 0.1) is 0 Å². The molecule has 1 aromatic rings. The summed E-state index contributed by atoms with van der Waals surface area (Å²) in [6.07, 6.45) is 1.38. The molecule has 5 heteroatoms. The molecular formula is C15H26N4O. The van der Waals surface area contributed by atoms with Gasteiger partial charge in [-0.05, 0) is 33.2 Å². The van der Waals surface area contributed by atoms with Gasteiger partial charge in [0.05, 0.1) is 23.7 Å². The molecule has 0 saturated carbocycles. The molecular weight excluding hydrogens is 252 g/mol. The number of anilines is 1. The van der Waals surface area contributed by atoms with Crippen molar-refractivity contribution in [2.75, 3.05) is 58.3 Å². The lowest BCUT2D eigenvalue weighted by Crippen LogP contribution is -2.48. The van der Waals surface area contributed by atoms with Crippen molar-refractivity contribution in [3.8, 4) is 0 Å². The van der Waals surface area contributed by atoms with Crippen molar-refractivity contribution in [3.63, 3.8) is 0 Å². The molecule has 0 spiro atoms. The van der Waals surface area contributed by atoms with Crippen molar-refractivity contribution in [3.05, 3.63) is 24.0 Å². The second-order valence-electron chi connectivity index (χ2n) is 5.75. The Labute approximate surface area is 121 Å². The highest BCUT2D eigenvalue weighted by Gasteiger charge is 2.17. The first-order valence-electron chi connectivity index (χ1n) is 7.32. The van der Waals surface area contributed by atoms with Crippen LogP contribution in [0.15, 0.2) is 18.3 Å². The Morgan fingerprint density at radius 2 is 1.95 bits per heavy atom. The number of piperazine rings is 1. The Balaban J connectivity index is 1.84. The summed E-state index contributed by atoms with van der Waals surface area (Å²) in [6, 6.07) is 3.98. The quantitative estimate of drug-likeness (QED) is 0.864. The summed E-state index contributed by atoms with van der Waals surface area (Å²) >= 11 is 0. The molecule has 112 valence electrons. The van der Waals surface area contributed by atoms with Gasteiger partial charge in [0.2, 0.25) is 0 Å². The van der Waals surface area contributed by atoms with Gasteiger partial charge in [-0.3, -0.25) is 9.88 Å². The molecule has 0 bridgehead atoms. The van der Waals surface area contributed by atoms with Crippen molar-refractivity contribution in [1.82, 2.24) is 14.8 Å². The highest BCUT2D eigenvalue weighted by molar-refractivity contribution is 5.45. The molecule has 1 unspecified atom stereocenters. The minimum absolute atomic E-state index is 0.494. The molecule has 0 radical (unpaired) electrons. The Kier molecular flexibility index (Phi) is 5.34. The summed E-state index contributed by atoms with van der Waals surface area (Å²) in [4.78, 5) is 11.4. The number of nitrogens with zero attached hydrogens (tertiary/aromatic N) is 4. The van der Waals surface area contributed by atoms with Crippen molar-refractivity contribution in [1.29, 1.82) is 0 Å². The van der Waals surface area contributed by atoms with Crippen LogP contribution in [0.3, 0.4) is 0 Å². The predicted molar refractivity (Wildman–Crippen MR) is 82.1 cm³/mol. The zero-order valence-electron chi connectivity index (χ0n) is 12.8. The molecule has 0 amide bonds. The number of hydrogen-bond acceptors (Lipinski definition) is 5. The summed E-state index contributed by atoms with van der Waals surface area (Å²) in [5.41, 5.74) is 1.89. The monoisotopic (exact) mass is 278 g/mol. The maximum atomic E-state index is 9.48. The molecule has 2 rings (SSSR count). The van der Waals surface area contributed by atoms with Crippen LogP contribution in [-0.4, -0.2) is 73.3 Å². The first-order chi connectivity index (χ1) is 9.56. The summed E-state index contributed by atoms with van der Waals surface area (Å²) in [6.45, 7) is 8.29. The van der Waals surface area contributed by atoms with Crippen LogP contribution in [0.1, 0.15) is 18.7 Å². The maximum Gasteiger partial charge on any atom is 0.0931 e. The average molecular weight is 278 g/mol.